The van der Waals surface area contributed by atoms with Crippen molar-refractivity contribution < 1.29 is 14.3 Å². The third-order valence-electron chi connectivity index (χ3n) is 1.76. The van der Waals surface area contributed by atoms with Crippen LogP contribution in [-0.4, -0.2) is 18.0 Å². The van der Waals surface area contributed by atoms with Gasteiger partial charge in [0.2, 0.25) is 0 Å². The lowest BCUT2D eigenvalue weighted by Gasteiger charge is -2.09. The molecule has 14 heavy (non-hydrogen) atoms. The van der Waals surface area contributed by atoms with Crippen molar-refractivity contribution in [1.82, 2.24) is 0 Å². The SMILES string of the molecule is COc1cc(CC=O)ccc1OCI. The summed E-state index contributed by atoms with van der Waals surface area (Å²) in [6.45, 7) is 0. The van der Waals surface area contributed by atoms with Gasteiger partial charge in [0.15, 0.2) is 11.5 Å². The maximum Gasteiger partial charge on any atom is 0.162 e. The standard InChI is InChI=1S/C10H11IO3/c1-13-10-6-8(4-5-12)2-3-9(10)14-7-11/h2-3,5-6H,4,7H2,1H3. The van der Waals surface area contributed by atoms with E-state index in [0.29, 0.717) is 22.5 Å². The van der Waals surface area contributed by atoms with Gasteiger partial charge in [-0.2, -0.15) is 0 Å². The van der Waals surface area contributed by atoms with E-state index in [9.17, 15) is 4.79 Å². The average molecular weight is 306 g/mol. The first-order chi connectivity index (χ1) is 6.81. The molecule has 4 heteroatoms. The molecule has 0 aliphatic heterocycles. The maximum absolute atomic E-state index is 10.3. The maximum atomic E-state index is 10.3. The number of methoxy groups -OCH3 is 1. The van der Waals surface area contributed by atoms with Crippen LogP contribution >= 0.6 is 22.6 Å². The van der Waals surface area contributed by atoms with E-state index in [1.807, 2.05) is 18.2 Å². The Kier molecular flexibility index (Phi) is 4.72. The highest BCUT2D eigenvalue weighted by Gasteiger charge is 2.04. The van der Waals surface area contributed by atoms with E-state index in [0.717, 1.165) is 11.8 Å². The highest BCUT2D eigenvalue weighted by Crippen LogP contribution is 2.28. The Morgan fingerprint density at radius 2 is 2.21 bits per heavy atom. The predicted octanol–water partition coefficient (Wildman–Crippen LogP) is 2.21. The van der Waals surface area contributed by atoms with Crippen molar-refractivity contribution in [2.75, 3.05) is 11.7 Å². The molecule has 0 bridgehead atoms. The van der Waals surface area contributed by atoms with Crippen LogP contribution in [-0.2, 0) is 11.2 Å². The van der Waals surface area contributed by atoms with Crippen LogP contribution in [0, 0.1) is 0 Å². The Morgan fingerprint density at radius 1 is 1.43 bits per heavy atom. The zero-order chi connectivity index (χ0) is 10.4. The van der Waals surface area contributed by atoms with Crippen molar-refractivity contribution in [2.45, 2.75) is 6.42 Å². The van der Waals surface area contributed by atoms with E-state index in [2.05, 4.69) is 22.6 Å². The third kappa shape index (κ3) is 2.87. The van der Waals surface area contributed by atoms with Gasteiger partial charge in [-0.15, -0.1) is 0 Å². The first kappa shape index (κ1) is 11.3. The molecule has 0 saturated heterocycles. The lowest BCUT2D eigenvalue weighted by molar-refractivity contribution is -0.107. The number of alkyl halides is 1. The molecule has 0 unspecified atom stereocenters. The molecule has 3 nitrogen and oxygen atoms in total. The molecule has 0 atom stereocenters. The number of carbonyl (C=O) groups excluding carboxylic acids is 1. The van der Waals surface area contributed by atoms with Crippen molar-refractivity contribution in [3.05, 3.63) is 23.8 Å². The van der Waals surface area contributed by atoms with E-state index in [1.54, 1.807) is 7.11 Å². The van der Waals surface area contributed by atoms with Gasteiger partial charge in [-0.3, -0.25) is 0 Å². The van der Waals surface area contributed by atoms with E-state index >= 15 is 0 Å². The molecule has 0 saturated carbocycles. The van der Waals surface area contributed by atoms with Gasteiger partial charge in [0.25, 0.3) is 0 Å². The number of ether oxygens (including phenoxy) is 2. The summed E-state index contributed by atoms with van der Waals surface area (Å²) >= 11 is 2.12. The van der Waals surface area contributed by atoms with Gasteiger partial charge in [-0.05, 0) is 40.3 Å². The molecule has 1 aromatic carbocycles. The quantitative estimate of drug-likeness (QED) is 0.475. The fourth-order valence-electron chi connectivity index (χ4n) is 1.11. The Bertz CT molecular complexity index is 312. The zero-order valence-corrected chi connectivity index (χ0v) is 9.98. The van der Waals surface area contributed by atoms with Crippen molar-refractivity contribution in [1.29, 1.82) is 0 Å². The molecule has 1 aromatic rings. The third-order valence-corrected chi connectivity index (χ3v) is 2.07. The highest BCUT2D eigenvalue weighted by molar-refractivity contribution is 14.1. The number of benzene rings is 1. The molecule has 0 spiro atoms. The highest BCUT2D eigenvalue weighted by atomic mass is 127. The molecule has 0 fully saturated rings. The van der Waals surface area contributed by atoms with Crippen LogP contribution in [0.4, 0.5) is 0 Å². The molecule has 0 N–H and O–H groups in total. The van der Waals surface area contributed by atoms with Gasteiger partial charge in [0, 0.05) is 6.42 Å². The van der Waals surface area contributed by atoms with Crippen LogP contribution in [0.15, 0.2) is 18.2 Å². The molecule has 76 valence electrons. The monoisotopic (exact) mass is 306 g/mol. The molecular formula is C10H11IO3. The summed E-state index contributed by atoms with van der Waals surface area (Å²) in [4.78, 5) is 10.3. The largest absolute Gasteiger partial charge is 0.493 e. The van der Waals surface area contributed by atoms with Crippen molar-refractivity contribution in [3.63, 3.8) is 0 Å². The lowest BCUT2D eigenvalue weighted by Crippen LogP contribution is -1.95. The van der Waals surface area contributed by atoms with Crippen LogP contribution < -0.4 is 9.47 Å². The molecule has 0 aromatic heterocycles. The first-order valence-corrected chi connectivity index (χ1v) is 5.63. The van der Waals surface area contributed by atoms with Crippen LogP contribution in [0.3, 0.4) is 0 Å². The minimum atomic E-state index is 0.404. The minimum absolute atomic E-state index is 0.404. The van der Waals surface area contributed by atoms with E-state index in [4.69, 9.17) is 9.47 Å². The summed E-state index contributed by atoms with van der Waals surface area (Å²) in [6, 6.07) is 5.49. The van der Waals surface area contributed by atoms with E-state index in [-0.39, 0.29) is 0 Å². The van der Waals surface area contributed by atoms with Crippen LogP contribution in [0.25, 0.3) is 0 Å². The Labute approximate surface area is 96.5 Å². The summed E-state index contributed by atoms with van der Waals surface area (Å²) < 4.78 is 11.0. The second-order valence-corrected chi connectivity index (χ2v) is 3.23. The normalized spacial score (nSPS) is 9.57. The van der Waals surface area contributed by atoms with Crippen LogP contribution in [0.5, 0.6) is 11.5 Å². The van der Waals surface area contributed by atoms with E-state index in [1.165, 1.54) is 0 Å². The summed E-state index contributed by atoms with van der Waals surface area (Å²) in [5.41, 5.74) is 0.928. The second kappa shape index (κ2) is 5.85. The molecule has 0 radical (unpaired) electrons. The average Bonchev–Trinajstić information content (AvgIpc) is 2.21. The molecule has 0 aliphatic carbocycles. The van der Waals surface area contributed by atoms with E-state index < -0.39 is 0 Å². The number of halogens is 1. The van der Waals surface area contributed by atoms with Crippen molar-refractivity contribution in [2.24, 2.45) is 0 Å². The molecule has 0 aliphatic rings. The van der Waals surface area contributed by atoms with Gasteiger partial charge in [-0.25, -0.2) is 0 Å². The molecular weight excluding hydrogens is 295 g/mol. The second-order valence-electron chi connectivity index (χ2n) is 2.61. The summed E-state index contributed by atoms with van der Waals surface area (Å²) in [5.74, 6) is 1.37. The minimum Gasteiger partial charge on any atom is -0.493 e. The lowest BCUT2D eigenvalue weighted by atomic mass is 10.1. The van der Waals surface area contributed by atoms with Gasteiger partial charge in [0.05, 0.1) is 7.11 Å². The predicted molar refractivity (Wildman–Crippen MR) is 62.3 cm³/mol. The topological polar surface area (TPSA) is 35.5 Å². The number of rotatable bonds is 5. The molecule has 0 amide bonds. The smallest absolute Gasteiger partial charge is 0.162 e. The number of hydrogen-bond acceptors (Lipinski definition) is 3. The van der Waals surface area contributed by atoms with Crippen LogP contribution in [0.1, 0.15) is 5.56 Å². The number of carbonyl (C=O) groups is 1. The Hall–Kier alpha value is -0.780. The molecule has 1 rings (SSSR count). The van der Waals surface area contributed by atoms with Gasteiger partial charge in [-0.1, -0.05) is 6.07 Å². The van der Waals surface area contributed by atoms with Crippen molar-refractivity contribution >= 4 is 28.9 Å². The fraction of sp³-hybridized carbons (Fsp3) is 0.300. The Balaban J connectivity index is 2.92. The Morgan fingerprint density at radius 3 is 2.79 bits per heavy atom. The van der Waals surface area contributed by atoms with Gasteiger partial charge < -0.3 is 14.3 Å². The summed E-state index contributed by atoms with van der Waals surface area (Å²) in [7, 11) is 1.58. The van der Waals surface area contributed by atoms with Gasteiger partial charge in [0.1, 0.15) is 10.9 Å². The number of hydrogen-bond donors (Lipinski definition) is 0. The zero-order valence-electron chi connectivity index (χ0n) is 7.83. The molecule has 0 heterocycles. The van der Waals surface area contributed by atoms with Gasteiger partial charge >= 0.3 is 0 Å². The van der Waals surface area contributed by atoms with Crippen molar-refractivity contribution in [3.8, 4) is 11.5 Å². The summed E-state index contributed by atoms with van der Waals surface area (Å²) in [5, 5.41) is 0. The number of aldehydes is 1. The fourth-order valence-corrected chi connectivity index (χ4v) is 1.45. The first-order valence-electron chi connectivity index (χ1n) is 4.11. The summed E-state index contributed by atoms with van der Waals surface area (Å²) in [6.07, 6.45) is 1.27. The van der Waals surface area contributed by atoms with Crippen LogP contribution in [0.2, 0.25) is 0 Å².